The first-order valence-electron chi connectivity index (χ1n) is 5.69. The summed E-state index contributed by atoms with van der Waals surface area (Å²) in [4.78, 5) is 6.70. The third-order valence-corrected chi connectivity index (χ3v) is 3.24. The van der Waals surface area contributed by atoms with Crippen LogP contribution in [0.1, 0.15) is 19.3 Å². The lowest BCUT2D eigenvalue weighted by Crippen LogP contribution is -2.41. The first-order chi connectivity index (χ1) is 7.27. The summed E-state index contributed by atoms with van der Waals surface area (Å²) in [5.74, 6) is 0.967. The van der Waals surface area contributed by atoms with Crippen LogP contribution in [0, 0.1) is 0 Å². The number of aromatic nitrogens is 2. The molecule has 0 amide bonds. The molecule has 1 fully saturated rings. The zero-order chi connectivity index (χ0) is 10.7. The molecule has 1 saturated heterocycles. The normalized spacial score (nSPS) is 22.9. The summed E-state index contributed by atoms with van der Waals surface area (Å²) in [5, 5.41) is 3.40. The van der Waals surface area contributed by atoms with Crippen molar-refractivity contribution in [2.75, 3.05) is 25.5 Å². The van der Waals surface area contributed by atoms with Gasteiger partial charge in [0.25, 0.3) is 0 Å². The van der Waals surface area contributed by atoms with Gasteiger partial charge in [0.2, 0.25) is 5.95 Å². The fourth-order valence-corrected chi connectivity index (χ4v) is 2.15. The highest BCUT2D eigenvalue weighted by Crippen LogP contribution is 2.15. The molecule has 2 heterocycles. The molecule has 1 aromatic rings. The second kappa shape index (κ2) is 4.66. The van der Waals surface area contributed by atoms with Gasteiger partial charge in [0, 0.05) is 32.0 Å². The number of anilines is 1. The van der Waals surface area contributed by atoms with Crippen molar-refractivity contribution < 1.29 is 0 Å². The van der Waals surface area contributed by atoms with Gasteiger partial charge < -0.3 is 14.8 Å². The summed E-state index contributed by atoms with van der Waals surface area (Å²) in [6.45, 7) is 2.23. The molecule has 0 aliphatic carbocycles. The van der Waals surface area contributed by atoms with Gasteiger partial charge in [-0.15, -0.1) is 0 Å². The third-order valence-electron chi connectivity index (χ3n) is 3.24. The fourth-order valence-electron chi connectivity index (χ4n) is 2.15. The number of piperidine rings is 1. The van der Waals surface area contributed by atoms with Gasteiger partial charge in [-0.1, -0.05) is 6.42 Å². The molecule has 0 aromatic carbocycles. The van der Waals surface area contributed by atoms with E-state index in [-0.39, 0.29) is 0 Å². The Morgan fingerprint density at radius 2 is 2.33 bits per heavy atom. The molecule has 0 spiro atoms. The van der Waals surface area contributed by atoms with Crippen LogP contribution < -0.4 is 5.32 Å². The van der Waals surface area contributed by atoms with E-state index in [2.05, 4.69) is 22.2 Å². The van der Waals surface area contributed by atoms with Crippen LogP contribution in [0.3, 0.4) is 0 Å². The highest BCUT2D eigenvalue weighted by Gasteiger charge is 2.18. The van der Waals surface area contributed by atoms with E-state index in [9.17, 15) is 0 Å². The van der Waals surface area contributed by atoms with Crippen molar-refractivity contribution in [3.8, 4) is 0 Å². The van der Waals surface area contributed by atoms with Crippen molar-refractivity contribution in [1.29, 1.82) is 0 Å². The average Bonchev–Trinajstić information content (AvgIpc) is 2.63. The topological polar surface area (TPSA) is 33.1 Å². The van der Waals surface area contributed by atoms with E-state index >= 15 is 0 Å². The Hall–Kier alpha value is -1.03. The predicted octanol–water partition coefficient (Wildman–Crippen LogP) is 1.32. The van der Waals surface area contributed by atoms with Crippen LogP contribution in [0.15, 0.2) is 12.4 Å². The van der Waals surface area contributed by atoms with E-state index in [1.807, 2.05) is 24.0 Å². The minimum Gasteiger partial charge on any atom is -0.354 e. The van der Waals surface area contributed by atoms with Crippen molar-refractivity contribution in [2.24, 2.45) is 7.05 Å². The Morgan fingerprint density at radius 3 is 3.00 bits per heavy atom. The Kier molecular flexibility index (Phi) is 3.26. The molecule has 0 saturated carbocycles. The van der Waals surface area contributed by atoms with E-state index in [1.54, 1.807) is 0 Å². The van der Waals surface area contributed by atoms with Crippen LogP contribution in [0.2, 0.25) is 0 Å². The molecule has 4 heteroatoms. The zero-order valence-corrected chi connectivity index (χ0v) is 9.61. The Bertz CT molecular complexity index is 307. The maximum absolute atomic E-state index is 4.26. The molecule has 1 unspecified atom stereocenters. The number of nitrogens with zero attached hydrogens (tertiary/aromatic N) is 3. The van der Waals surface area contributed by atoms with Crippen LogP contribution in [-0.2, 0) is 7.05 Å². The minimum atomic E-state index is 0.662. The summed E-state index contributed by atoms with van der Waals surface area (Å²) < 4.78 is 2.02. The summed E-state index contributed by atoms with van der Waals surface area (Å²) in [6.07, 6.45) is 7.79. The van der Waals surface area contributed by atoms with Gasteiger partial charge in [0.15, 0.2) is 0 Å². The summed E-state index contributed by atoms with van der Waals surface area (Å²) in [5.41, 5.74) is 0. The third kappa shape index (κ3) is 2.50. The quantitative estimate of drug-likeness (QED) is 0.813. The highest BCUT2D eigenvalue weighted by molar-refractivity contribution is 5.25. The molecule has 0 radical (unpaired) electrons. The largest absolute Gasteiger partial charge is 0.354 e. The van der Waals surface area contributed by atoms with Gasteiger partial charge in [0.1, 0.15) is 0 Å². The molecular weight excluding hydrogens is 188 g/mol. The minimum absolute atomic E-state index is 0.662. The monoisotopic (exact) mass is 208 g/mol. The Morgan fingerprint density at radius 1 is 1.47 bits per heavy atom. The van der Waals surface area contributed by atoms with Crippen molar-refractivity contribution >= 4 is 5.95 Å². The van der Waals surface area contributed by atoms with Gasteiger partial charge in [-0.25, -0.2) is 4.98 Å². The van der Waals surface area contributed by atoms with Crippen LogP contribution in [-0.4, -0.2) is 40.6 Å². The lowest BCUT2D eigenvalue weighted by Gasteiger charge is -2.32. The van der Waals surface area contributed by atoms with E-state index in [4.69, 9.17) is 0 Å². The first-order valence-corrected chi connectivity index (χ1v) is 5.69. The van der Waals surface area contributed by atoms with Crippen molar-refractivity contribution in [2.45, 2.75) is 25.3 Å². The number of imidazole rings is 1. The number of rotatable bonds is 3. The van der Waals surface area contributed by atoms with Gasteiger partial charge in [-0.05, 0) is 26.4 Å². The molecule has 15 heavy (non-hydrogen) atoms. The highest BCUT2D eigenvalue weighted by atomic mass is 15.2. The number of aryl methyl sites for hydroxylation is 1. The molecule has 1 aromatic heterocycles. The predicted molar refractivity (Wildman–Crippen MR) is 62.0 cm³/mol. The zero-order valence-electron chi connectivity index (χ0n) is 9.61. The smallest absolute Gasteiger partial charge is 0.202 e. The molecule has 1 atom stereocenters. The summed E-state index contributed by atoms with van der Waals surface area (Å²) in [7, 11) is 4.23. The van der Waals surface area contributed by atoms with Crippen LogP contribution in [0.25, 0.3) is 0 Å². The van der Waals surface area contributed by atoms with E-state index in [0.717, 1.165) is 12.5 Å². The lowest BCUT2D eigenvalue weighted by atomic mass is 10.0. The molecular formula is C11H20N4. The second-order valence-electron chi connectivity index (χ2n) is 4.37. The van der Waals surface area contributed by atoms with Crippen molar-refractivity contribution in [1.82, 2.24) is 14.5 Å². The molecule has 1 N–H and O–H groups in total. The molecule has 84 valence electrons. The Balaban J connectivity index is 1.84. The summed E-state index contributed by atoms with van der Waals surface area (Å²) in [6, 6.07) is 0.662. The standard InChI is InChI=1S/C11H20N4/c1-14-7-4-3-5-10(14)9-13-11-12-6-8-15(11)2/h6,8,10H,3-5,7,9H2,1-2H3,(H,12,13). The number of likely N-dealkylation sites (tertiary alicyclic amines) is 1. The maximum Gasteiger partial charge on any atom is 0.202 e. The SMILES string of the molecule is CN1CCCCC1CNc1nccn1C. The van der Waals surface area contributed by atoms with Gasteiger partial charge >= 0.3 is 0 Å². The first kappa shape index (κ1) is 10.5. The molecule has 0 bridgehead atoms. The number of hydrogen-bond donors (Lipinski definition) is 1. The van der Waals surface area contributed by atoms with Crippen molar-refractivity contribution in [3.63, 3.8) is 0 Å². The van der Waals surface area contributed by atoms with Crippen LogP contribution in [0.4, 0.5) is 5.95 Å². The second-order valence-corrected chi connectivity index (χ2v) is 4.37. The fraction of sp³-hybridized carbons (Fsp3) is 0.727. The Labute approximate surface area is 91.3 Å². The van der Waals surface area contributed by atoms with Crippen molar-refractivity contribution in [3.05, 3.63) is 12.4 Å². The molecule has 4 nitrogen and oxygen atoms in total. The van der Waals surface area contributed by atoms with Crippen LogP contribution >= 0.6 is 0 Å². The lowest BCUT2D eigenvalue weighted by molar-refractivity contribution is 0.194. The van der Waals surface area contributed by atoms with E-state index in [1.165, 1.54) is 25.8 Å². The van der Waals surface area contributed by atoms with Crippen LogP contribution in [0.5, 0.6) is 0 Å². The molecule has 1 aliphatic rings. The average molecular weight is 208 g/mol. The van der Waals surface area contributed by atoms with Gasteiger partial charge in [-0.3, -0.25) is 0 Å². The molecule has 1 aliphatic heterocycles. The number of hydrogen-bond acceptors (Lipinski definition) is 3. The maximum atomic E-state index is 4.26. The van der Waals surface area contributed by atoms with E-state index < -0.39 is 0 Å². The number of nitrogens with one attached hydrogen (secondary N) is 1. The van der Waals surface area contributed by atoms with Gasteiger partial charge in [0.05, 0.1) is 0 Å². The molecule has 2 rings (SSSR count). The summed E-state index contributed by atoms with van der Waals surface area (Å²) >= 11 is 0. The number of likely N-dealkylation sites (N-methyl/N-ethyl adjacent to an activating group) is 1. The van der Waals surface area contributed by atoms with Gasteiger partial charge in [-0.2, -0.15) is 0 Å². The van der Waals surface area contributed by atoms with E-state index in [0.29, 0.717) is 6.04 Å².